The van der Waals surface area contributed by atoms with Crippen LogP contribution in [0, 0.1) is 0 Å². The number of hydrogen-bond acceptors (Lipinski definition) is 4. The van der Waals surface area contributed by atoms with E-state index < -0.39 is 6.29 Å². The van der Waals surface area contributed by atoms with Crippen LogP contribution in [0.2, 0.25) is 0 Å². The summed E-state index contributed by atoms with van der Waals surface area (Å²) in [6.45, 7) is 0. The van der Waals surface area contributed by atoms with Crippen LogP contribution >= 0.6 is 0 Å². The molecule has 0 aliphatic carbocycles. The molecule has 0 aromatic heterocycles. The highest BCUT2D eigenvalue weighted by atomic mass is 16.6. The van der Waals surface area contributed by atoms with Gasteiger partial charge in [0.25, 0.3) is 0 Å². The number of aliphatic hydroxyl groups excluding tert-OH is 1. The van der Waals surface area contributed by atoms with E-state index in [0.717, 1.165) is 0 Å². The summed E-state index contributed by atoms with van der Waals surface area (Å²) in [5.74, 6) is 0. The second-order valence-electron chi connectivity index (χ2n) is 6.29. The maximum atomic E-state index is 10.2. The molecule has 3 fully saturated rings. The number of aliphatic hydroxyl groups is 1. The molecule has 3 aliphatic heterocycles. The third kappa shape index (κ3) is 1.85. The van der Waals surface area contributed by atoms with Crippen LogP contribution in [0.3, 0.4) is 0 Å². The maximum Gasteiger partial charge on any atom is 0.174 e. The molecule has 22 heavy (non-hydrogen) atoms. The van der Waals surface area contributed by atoms with E-state index in [0.29, 0.717) is 6.04 Å². The molecule has 0 radical (unpaired) electrons. The minimum atomic E-state index is -0.686. The zero-order chi connectivity index (χ0) is 14.7. The van der Waals surface area contributed by atoms with Crippen molar-refractivity contribution in [3.63, 3.8) is 0 Å². The molecule has 7 atom stereocenters. The lowest BCUT2D eigenvalue weighted by Gasteiger charge is -2.17. The Labute approximate surface area is 129 Å². The molecule has 5 rings (SSSR count). The van der Waals surface area contributed by atoms with Crippen LogP contribution in [0.1, 0.15) is 23.2 Å². The highest BCUT2D eigenvalue weighted by Crippen LogP contribution is 2.55. The van der Waals surface area contributed by atoms with Gasteiger partial charge in [0.1, 0.15) is 6.23 Å². The van der Waals surface area contributed by atoms with E-state index in [1.165, 1.54) is 11.1 Å². The van der Waals surface area contributed by atoms with Gasteiger partial charge in [0.15, 0.2) is 6.29 Å². The molecule has 4 nitrogen and oxygen atoms in total. The molecule has 6 unspecified atom stereocenters. The van der Waals surface area contributed by atoms with Crippen molar-refractivity contribution in [2.45, 2.75) is 36.7 Å². The topological polar surface area (TPSA) is 54.4 Å². The van der Waals surface area contributed by atoms with E-state index >= 15 is 0 Å². The smallest absolute Gasteiger partial charge is 0.174 e. The summed E-state index contributed by atoms with van der Waals surface area (Å²) < 4.78 is 5.77. The monoisotopic (exact) mass is 294 g/mol. The Morgan fingerprint density at radius 2 is 1.55 bits per heavy atom. The molecule has 3 aliphatic rings. The van der Waals surface area contributed by atoms with Crippen LogP contribution in [0.5, 0.6) is 0 Å². The van der Waals surface area contributed by atoms with E-state index in [1.54, 1.807) is 0 Å². The van der Waals surface area contributed by atoms with Gasteiger partial charge < -0.3 is 15.2 Å². The number of fused-ring (bicyclic) bond motifs is 1. The van der Waals surface area contributed by atoms with Crippen molar-refractivity contribution in [3.05, 3.63) is 71.8 Å². The van der Waals surface area contributed by atoms with Crippen molar-refractivity contribution in [2.75, 3.05) is 0 Å². The summed E-state index contributed by atoms with van der Waals surface area (Å²) in [5.41, 5.74) is 2.55. The van der Waals surface area contributed by atoms with Gasteiger partial charge in [0.2, 0.25) is 0 Å². The maximum absolute atomic E-state index is 10.2. The molecule has 3 saturated heterocycles. The zero-order valence-electron chi connectivity index (χ0n) is 12.0. The van der Waals surface area contributed by atoms with Crippen molar-refractivity contribution in [3.8, 4) is 0 Å². The standard InChI is InChI=1S/C18H18N2O2/c21-18-16-15(12-9-5-2-6-10-12)20(16)17(22-18)14-13(19-14)11-7-3-1-4-8-11/h1-10,13-19,21H/t13?,14?,15-,16?,17?,18?,20?/m1/s1. The lowest BCUT2D eigenvalue weighted by Crippen LogP contribution is -2.29. The Morgan fingerprint density at radius 1 is 0.909 bits per heavy atom. The summed E-state index contributed by atoms with van der Waals surface area (Å²) in [6, 6.07) is 21.8. The first kappa shape index (κ1) is 12.8. The number of rotatable bonds is 3. The van der Waals surface area contributed by atoms with Gasteiger partial charge >= 0.3 is 0 Å². The van der Waals surface area contributed by atoms with Crippen LogP contribution in [-0.4, -0.2) is 34.6 Å². The van der Waals surface area contributed by atoms with Crippen molar-refractivity contribution in [1.29, 1.82) is 0 Å². The quantitative estimate of drug-likeness (QED) is 0.848. The predicted octanol–water partition coefficient (Wildman–Crippen LogP) is 1.80. The molecular weight excluding hydrogens is 276 g/mol. The summed E-state index contributed by atoms with van der Waals surface area (Å²) >= 11 is 0. The van der Waals surface area contributed by atoms with Gasteiger partial charge in [0, 0.05) is 0 Å². The summed E-state index contributed by atoms with van der Waals surface area (Å²) in [6.07, 6.45) is -0.732. The van der Waals surface area contributed by atoms with Crippen LogP contribution in [0.25, 0.3) is 0 Å². The third-order valence-electron chi connectivity index (χ3n) is 4.99. The van der Waals surface area contributed by atoms with Gasteiger partial charge in [-0.15, -0.1) is 0 Å². The largest absolute Gasteiger partial charge is 0.366 e. The molecule has 0 spiro atoms. The Balaban J connectivity index is 1.35. The lowest BCUT2D eigenvalue weighted by atomic mass is 10.1. The summed E-state index contributed by atoms with van der Waals surface area (Å²) in [5, 5.41) is 13.7. The van der Waals surface area contributed by atoms with Crippen molar-refractivity contribution < 1.29 is 9.84 Å². The Bertz CT molecular complexity index is 678. The van der Waals surface area contributed by atoms with Crippen molar-refractivity contribution in [2.24, 2.45) is 0 Å². The van der Waals surface area contributed by atoms with E-state index in [9.17, 15) is 5.11 Å². The van der Waals surface area contributed by atoms with Crippen LogP contribution in [0.4, 0.5) is 0 Å². The first-order valence-corrected chi connectivity index (χ1v) is 7.81. The molecule has 2 aromatic carbocycles. The first-order valence-electron chi connectivity index (χ1n) is 7.81. The van der Waals surface area contributed by atoms with Gasteiger partial charge in [0.05, 0.1) is 24.2 Å². The average Bonchev–Trinajstić information content (AvgIpc) is 3.47. The number of nitrogens with one attached hydrogen (secondary N) is 1. The molecule has 0 bridgehead atoms. The average molecular weight is 294 g/mol. The fourth-order valence-corrected chi connectivity index (χ4v) is 3.84. The van der Waals surface area contributed by atoms with Crippen molar-refractivity contribution in [1.82, 2.24) is 10.2 Å². The molecule has 2 N–H and O–H groups in total. The highest BCUT2D eigenvalue weighted by Gasteiger charge is 2.66. The molecular formula is C18H18N2O2. The lowest BCUT2D eigenvalue weighted by molar-refractivity contribution is -0.118. The molecule has 3 heterocycles. The Hall–Kier alpha value is -1.72. The molecule has 2 aromatic rings. The van der Waals surface area contributed by atoms with Gasteiger partial charge in [-0.25, -0.2) is 0 Å². The number of nitrogens with zero attached hydrogens (tertiary/aromatic N) is 1. The van der Waals surface area contributed by atoms with Gasteiger partial charge in [-0.2, -0.15) is 0 Å². The van der Waals surface area contributed by atoms with Crippen molar-refractivity contribution >= 4 is 0 Å². The summed E-state index contributed by atoms with van der Waals surface area (Å²) in [4.78, 5) is 2.29. The first-order chi connectivity index (χ1) is 10.8. The molecule has 0 amide bonds. The van der Waals surface area contributed by atoms with E-state index in [-0.39, 0.29) is 24.4 Å². The van der Waals surface area contributed by atoms with E-state index in [2.05, 4.69) is 58.7 Å². The van der Waals surface area contributed by atoms with E-state index in [1.807, 2.05) is 12.1 Å². The minimum Gasteiger partial charge on any atom is -0.366 e. The zero-order valence-corrected chi connectivity index (χ0v) is 12.0. The fourth-order valence-electron chi connectivity index (χ4n) is 3.84. The van der Waals surface area contributed by atoms with E-state index in [4.69, 9.17) is 4.74 Å². The van der Waals surface area contributed by atoms with Crippen LogP contribution < -0.4 is 5.32 Å². The number of hydrogen-bond donors (Lipinski definition) is 2. The predicted molar refractivity (Wildman–Crippen MR) is 81.8 cm³/mol. The molecule has 4 heteroatoms. The minimum absolute atomic E-state index is 0.0459. The third-order valence-corrected chi connectivity index (χ3v) is 4.99. The highest BCUT2D eigenvalue weighted by molar-refractivity contribution is 5.33. The number of benzene rings is 2. The van der Waals surface area contributed by atoms with Crippen LogP contribution in [-0.2, 0) is 4.74 Å². The van der Waals surface area contributed by atoms with Crippen LogP contribution in [0.15, 0.2) is 60.7 Å². The fraction of sp³-hybridized carbons (Fsp3) is 0.333. The molecule has 112 valence electrons. The number of ether oxygens (including phenoxy) is 1. The van der Waals surface area contributed by atoms with Gasteiger partial charge in [-0.3, -0.25) is 4.90 Å². The Morgan fingerprint density at radius 3 is 2.23 bits per heavy atom. The second-order valence-corrected chi connectivity index (χ2v) is 6.29. The van der Waals surface area contributed by atoms with Gasteiger partial charge in [-0.05, 0) is 11.1 Å². The molecule has 0 saturated carbocycles. The summed E-state index contributed by atoms with van der Waals surface area (Å²) in [7, 11) is 0. The second kappa shape index (κ2) is 4.64. The SMILES string of the molecule is OC1OC(C2NC2c2ccccc2)N2C1[C@H]2c1ccccc1. The normalized spacial score (nSPS) is 42.0. The van der Waals surface area contributed by atoms with Gasteiger partial charge in [-0.1, -0.05) is 60.7 Å². The Kier molecular flexibility index (Phi) is 2.69.